The van der Waals surface area contributed by atoms with Crippen molar-refractivity contribution in [1.29, 1.82) is 0 Å². The zero-order valence-corrected chi connectivity index (χ0v) is 41.7. The van der Waals surface area contributed by atoms with E-state index in [0.29, 0.717) is 57.8 Å². The zero-order chi connectivity index (χ0) is 41.8. The lowest BCUT2D eigenvalue weighted by Crippen LogP contribution is -2.96. The monoisotopic (exact) mass is 845 g/mol. The predicted molar refractivity (Wildman–Crippen MR) is 224 cm³/mol. The van der Waals surface area contributed by atoms with E-state index in [2.05, 4.69) is 48.1 Å². The van der Waals surface area contributed by atoms with Crippen molar-refractivity contribution in [3.8, 4) is 0 Å². The maximum Gasteiger partial charge on any atom is 0.517 e. The molecule has 0 aliphatic heterocycles. The molecule has 0 aromatic rings. The fourth-order valence-electron chi connectivity index (χ4n) is 4.62. The van der Waals surface area contributed by atoms with Gasteiger partial charge in [0.15, 0.2) is 0 Å². The third-order valence-electron chi connectivity index (χ3n) is 10.0. The van der Waals surface area contributed by atoms with Gasteiger partial charge in [0.2, 0.25) is 0 Å². The first kappa shape index (κ1) is 54.1. The molecule has 9 atom stereocenters. The second-order valence-corrected chi connectivity index (χ2v) is 39.3. The fourth-order valence-corrected chi connectivity index (χ4v) is 46.4. The third-order valence-corrected chi connectivity index (χ3v) is 48.7. The Morgan fingerprint density at radius 1 is 0.333 bits per heavy atom. The second-order valence-electron chi connectivity index (χ2n) is 14.9. The minimum atomic E-state index is -4.56. The van der Waals surface area contributed by atoms with Crippen LogP contribution in [0.3, 0.4) is 0 Å². The lowest BCUT2D eigenvalue weighted by Gasteiger charge is -2.54. The summed E-state index contributed by atoms with van der Waals surface area (Å²) in [7, 11) is -13.7. The van der Waals surface area contributed by atoms with Gasteiger partial charge < -0.3 is 26.6 Å². The van der Waals surface area contributed by atoms with Crippen molar-refractivity contribution >= 4 is 31.6 Å². The molecule has 0 aromatic heterocycles. The molecule has 324 valence electrons. The van der Waals surface area contributed by atoms with Gasteiger partial charge in [0.05, 0.1) is 18.3 Å². The van der Waals surface area contributed by atoms with E-state index in [9.17, 15) is 0 Å². The molecule has 0 aromatic carbocycles. The van der Waals surface area contributed by atoms with E-state index in [-0.39, 0.29) is 18.3 Å². The molecule has 12 nitrogen and oxygen atoms in total. The lowest BCUT2D eigenvalue weighted by molar-refractivity contribution is -0.287. The largest absolute Gasteiger partial charge is 0.517 e. The van der Waals surface area contributed by atoms with Gasteiger partial charge in [0.1, 0.15) is 0 Å². The van der Waals surface area contributed by atoms with Gasteiger partial charge in [-0.15, -0.1) is 6.58 Å². The van der Waals surface area contributed by atoms with Gasteiger partial charge >= 0.3 is 31.6 Å². The van der Waals surface area contributed by atoms with Crippen LogP contribution in [0.4, 0.5) is 0 Å². The summed E-state index contributed by atoms with van der Waals surface area (Å²) in [4.78, 5) is 19.2. The van der Waals surface area contributed by atoms with Gasteiger partial charge in [-0.05, 0) is 120 Å². The molecule has 0 spiro atoms. The van der Waals surface area contributed by atoms with Crippen molar-refractivity contribution in [2.75, 3.05) is 0 Å². The van der Waals surface area contributed by atoms with Crippen LogP contribution in [0.25, 0.3) is 0 Å². The molecular weight excluding hydrogens is 761 g/mol. The van der Waals surface area contributed by atoms with Gasteiger partial charge in [-0.3, -0.25) is 0 Å². The summed E-state index contributed by atoms with van der Waals surface area (Å²) in [6.07, 6.45) is 2.36. The van der Waals surface area contributed by atoms with Crippen LogP contribution in [0.1, 0.15) is 182 Å². The average Bonchev–Trinajstić information content (AvgIpc) is 3.17. The molecule has 0 saturated carbocycles. The maximum atomic E-state index is 7.39. The highest BCUT2D eigenvalue weighted by atomic mass is 30.0. The first-order chi connectivity index (χ1) is 25.4. The Kier molecular flexibility index (Phi) is 27.1. The van der Waals surface area contributed by atoms with Crippen molar-refractivity contribution in [3.05, 3.63) is 12.3 Å². The molecule has 0 amide bonds. The average molecular weight is 845 g/mol. The van der Waals surface area contributed by atoms with E-state index in [1.165, 1.54) is 0 Å². The van der Waals surface area contributed by atoms with Crippen molar-refractivity contribution in [2.45, 2.75) is 237 Å². The Bertz CT molecular complexity index is 837. The molecule has 0 radical (unpaired) electrons. The highest BCUT2D eigenvalue weighted by Gasteiger charge is 2.95. The Hall–Kier alpha value is 0.128. The lowest BCUT2D eigenvalue weighted by atomic mass is 10.3. The Morgan fingerprint density at radius 3 is 0.630 bits per heavy atom. The molecule has 0 rings (SSSR count). The molecule has 54 heavy (non-hydrogen) atoms. The van der Waals surface area contributed by atoms with Crippen molar-refractivity contribution in [3.63, 3.8) is 0 Å². The molecule has 16 heteroatoms. The SMILES string of the molecule is C=C[Si]([Si](OOC(C)CC)(OC(C)CC)OC(C)CC)([Si](OOC(C)CC)(OC(C)CC)OC(C)CC)[Si](OOC(C)CC)(OC(C)CC)OC(C)CC. The van der Waals surface area contributed by atoms with E-state index >= 15 is 0 Å². The zero-order valence-electron chi connectivity index (χ0n) is 37.7. The summed E-state index contributed by atoms with van der Waals surface area (Å²) in [6.45, 7) is 36.3. The van der Waals surface area contributed by atoms with E-state index in [1.54, 1.807) is 0 Å². The normalized spacial score (nSPS) is 22.0. The number of hydrogen-bond donors (Lipinski definition) is 0. The molecule has 9 unspecified atom stereocenters. The van der Waals surface area contributed by atoms with Gasteiger partial charge in [0.25, 0.3) is 0 Å². The summed E-state index contributed by atoms with van der Waals surface area (Å²) < 4.78 is 65.3. The molecule has 0 aliphatic rings. The Labute approximate surface area is 335 Å². The van der Waals surface area contributed by atoms with Crippen LogP contribution in [0.2, 0.25) is 0 Å². The van der Waals surface area contributed by atoms with Crippen LogP contribution in [0, 0.1) is 0 Å². The summed E-state index contributed by atoms with van der Waals surface area (Å²) in [6, 6.07) is 0. The van der Waals surface area contributed by atoms with Crippen molar-refractivity contribution in [2.24, 2.45) is 0 Å². The van der Waals surface area contributed by atoms with E-state index in [1.807, 2.05) is 88.8 Å². The molecular formula is C38H84O12Si4. The van der Waals surface area contributed by atoms with Gasteiger partial charge in [-0.2, -0.15) is 0 Å². The number of rotatable bonds is 34. The van der Waals surface area contributed by atoms with Gasteiger partial charge in [-0.1, -0.05) is 68.0 Å². The quantitative estimate of drug-likeness (QED) is 0.0349. The number of hydrogen-bond acceptors (Lipinski definition) is 12. The Balaban J connectivity index is 9.66. The van der Waals surface area contributed by atoms with Crippen LogP contribution in [0.15, 0.2) is 12.3 Å². The van der Waals surface area contributed by atoms with E-state index < -0.39 is 68.2 Å². The van der Waals surface area contributed by atoms with Gasteiger partial charge in [0, 0.05) is 36.6 Å². The van der Waals surface area contributed by atoms with Crippen LogP contribution >= 0.6 is 0 Å². The topological polar surface area (TPSA) is 111 Å². The first-order valence-corrected chi connectivity index (χ1v) is 31.4. The van der Waals surface area contributed by atoms with Crippen LogP contribution < -0.4 is 0 Å². The highest BCUT2D eigenvalue weighted by Crippen LogP contribution is 2.47. The van der Waals surface area contributed by atoms with Crippen LogP contribution in [-0.4, -0.2) is 86.5 Å². The minimum Gasteiger partial charge on any atom is -0.372 e. The maximum absolute atomic E-state index is 7.39. The van der Waals surface area contributed by atoms with Crippen molar-refractivity contribution < 1.29 is 54.9 Å². The molecule has 0 fully saturated rings. The molecule has 0 saturated heterocycles. The highest BCUT2D eigenvalue weighted by molar-refractivity contribution is 7.84. The molecule has 0 aliphatic carbocycles. The van der Waals surface area contributed by atoms with E-state index in [4.69, 9.17) is 54.9 Å². The smallest absolute Gasteiger partial charge is 0.372 e. The summed E-state index contributed by atoms with van der Waals surface area (Å²) in [5.41, 5.74) is 1.82. The van der Waals surface area contributed by atoms with Crippen LogP contribution in [-0.2, 0) is 54.9 Å². The van der Waals surface area contributed by atoms with E-state index in [0.717, 1.165) is 0 Å². The molecule has 0 heterocycles. The second kappa shape index (κ2) is 27.0. The fraction of sp³-hybridized carbons (Fsp3) is 0.947. The molecule has 0 bridgehead atoms. The predicted octanol–water partition coefficient (Wildman–Crippen LogP) is 10.3. The standard InChI is InChI=1S/C38H84O12Si4/c1-20-30(11)39-48-52(42-33(14)23-4,43-34(15)24-5)51(29-10,53(44-35(16)25-6,45-36(17)26-7)49-40-31(12)21-2)54(46-37(18)27-8,47-38(19)28-9)50-41-32(13)22-3/h29-38H,10,20-28H2,1-9,11-19H3. The summed E-state index contributed by atoms with van der Waals surface area (Å²) in [5, 5.41) is 0. The summed E-state index contributed by atoms with van der Waals surface area (Å²) >= 11 is 0. The molecule has 0 N–H and O–H groups in total. The summed E-state index contributed by atoms with van der Waals surface area (Å²) in [5.74, 6) is 0. The Morgan fingerprint density at radius 2 is 0.500 bits per heavy atom. The third kappa shape index (κ3) is 14.7. The van der Waals surface area contributed by atoms with Gasteiger partial charge in [-0.25, -0.2) is 28.4 Å². The van der Waals surface area contributed by atoms with Crippen LogP contribution in [0.5, 0.6) is 0 Å². The van der Waals surface area contributed by atoms with Crippen molar-refractivity contribution in [1.82, 2.24) is 0 Å². The minimum absolute atomic E-state index is 0.340. The first-order valence-electron chi connectivity index (χ1n) is 21.1.